The minimum atomic E-state index is 0.352. The third-order valence-corrected chi connectivity index (χ3v) is 8.18. The van der Waals surface area contributed by atoms with Gasteiger partial charge >= 0.3 is 0 Å². The number of fused-ring (bicyclic) bond motifs is 1. The molecule has 1 aliphatic carbocycles. The molecule has 0 radical (unpaired) electrons. The van der Waals surface area contributed by atoms with Crippen LogP contribution in [0.3, 0.4) is 0 Å². The number of piperazine rings is 1. The lowest BCUT2D eigenvalue weighted by atomic mass is 9.79. The smallest absolute Gasteiger partial charge is 0.255 e. The highest BCUT2D eigenvalue weighted by atomic mass is 16.5. The zero-order chi connectivity index (χ0) is 26.5. The molecule has 0 spiro atoms. The molecule has 0 aromatic heterocycles. The molecule has 0 saturated carbocycles. The summed E-state index contributed by atoms with van der Waals surface area (Å²) in [6.45, 7) is 10.0. The third-order valence-electron chi connectivity index (χ3n) is 8.18. The Morgan fingerprint density at radius 1 is 0.974 bits per heavy atom. The first kappa shape index (κ1) is 26.4. The Kier molecular flexibility index (Phi) is 8.40. The van der Waals surface area contributed by atoms with Crippen LogP contribution < -0.4 is 9.64 Å². The molecule has 6 nitrogen and oxygen atoms in total. The molecule has 0 amide bonds. The van der Waals surface area contributed by atoms with E-state index in [4.69, 9.17) is 9.84 Å². The van der Waals surface area contributed by atoms with Gasteiger partial charge in [-0.25, -0.2) is 0 Å². The molecule has 38 heavy (non-hydrogen) atoms. The van der Waals surface area contributed by atoms with E-state index >= 15 is 0 Å². The van der Waals surface area contributed by atoms with Crippen LogP contribution >= 0.6 is 0 Å². The fourth-order valence-electron chi connectivity index (χ4n) is 5.81. The van der Waals surface area contributed by atoms with Crippen LogP contribution in [-0.4, -0.2) is 72.9 Å². The fraction of sp³-hybridized carbons (Fsp3) is 0.438. The Bertz CT molecular complexity index is 1210. The van der Waals surface area contributed by atoms with Gasteiger partial charge in [0.25, 0.3) is 5.75 Å². The van der Waals surface area contributed by atoms with Gasteiger partial charge in [-0.2, -0.15) is 0 Å². The van der Waals surface area contributed by atoms with Crippen molar-refractivity contribution >= 4 is 5.69 Å². The van der Waals surface area contributed by atoms with E-state index in [2.05, 4.69) is 65.1 Å². The maximum absolute atomic E-state index is 9.87. The molecule has 3 N–H and O–H groups in total. The Labute approximate surface area is 227 Å². The second-order valence-electron chi connectivity index (χ2n) is 10.8. The molecule has 1 fully saturated rings. The maximum atomic E-state index is 9.87. The van der Waals surface area contributed by atoms with Crippen LogP contribution in [0.5, 0.6) is 17.2 Å². The number of nitrogens with zero attached hydrogens (tertiary/aromatic N) is 3. The van der Waals surface area contributed by atoms with Gasteiger partial charge in [-0.1, -0.05) is 18.2 Å². The first-order valence-corrected chi connectivity index (χ1v) is 14.0. The molecule has 1 saturated heterocycles. The molecule has 1 heterocycles. The normalized spacial score (nSPS) is 18.2. The van der Waals surface area contributed by atoms with E-state index in [1.165, 1.54) is 27.9 Å². The Balaban J connectivity index is 1.23. The van der Waals surface area contributed by atoms with Crippen molar-refractivity contribution in [3.05, 3.63) is 82.9 Å². The number of ether oxygens (including phenoxy) is 1. The predicted octanol–water partition coefficient (Wildman–Crippen LogP) is 4.76. The molecule has 6 heteroatoms. The van der Waals surface area contributed by atoms with Crippen LogP contribution in [0, 0.1) is 0 Å². The average Bonchev–Trinajstić information content (AvgIpc) is 2.93. The topological polar surface area (TPSA) is 62.1 Å². The largest absolute Gasteiger partial charge is 0.593 e. The quantitative estimate of drug-likeness (QED) is 0.416. The standard InChI is InChI=1S/C32H41N3O3/c1-3-35(23-24-4-11-30(12-5-24)38-19-18-34-16-14-33(2)15-17-34)32-22-29(37)10-13-31(32)27-7-6-26-21-28(36)9-8-25(26)20-27/h4-5,8-13,21-22,27,36-37H,3,6-7,14-20,23H2,1-2H3/p+1. The first-order chi connectivity index (χ1) is 18.5. The summed E-state index contributed by atoms with van der Waals surface area (Å²) in [5, 5.41) is 18.2. The molecule has 202 valence electrons. The number of hydrogen-bond acceptors (Lipinski definition) is 5. The maximum Gasteiger partial charge on any atom is 0.255 e. The van der Waals surface area contributed by atoms with Crippen molar-refractivity contribution in [3.63, 3.8) is 0 Å². The number of rotatable bonds is 9. The second-order valence-corrected chi connectivity index (χ2v) is 10.8. The summed E-state index contributed by atoms with van der Waals surface area (Å²) in [4.78, 5) is 7.24. The third kappa shape index (κ3) is 6.43. The van der Waals surface area contributed by atoms with Crippen molar-refractivity contribution < 1.29 is 14.9 Å². The van der Waals surface area contributed by atoms with Crippen LogP contribution in [0.2, 0.25) is 0 Å². The molecule has 3 aromatic carbocycles. The van der Waals surface area contributed by atoms with E-state index in [0.29, 0.717) is 24.0 Å². The van der Waals surface area contributed by atoms with Crippen molar-refractivity contribution in [3.8, 4) is 17.2 Å². The SMILES string of the molecule is CCN(Cc1ccc(OCCN2CCN(C)CC2)cc1)c1cc([OH2+])ccc1C1CCc2cc(O)ccc2C1. The zero-order valence-electron chi connectivity index (χ0n) is 22.8. The van der Waals surface area contributed by atoms with E-state index in [-0.39, 0.29) is 0 Å². The zero-order valence-corrected chi connectivity index (χ0v) is 22.8. The van der Waals surface area contributed by atoms with E-state index in [1.807, 2.05) is 18.2 Å². The van der Waals surface area contributed by atoms with Gasteiger partial charge in [0.05, 0.1) is 6.07 Å². The van der Waals surface area contributed by atoms with Crippen molar-refractivity contribution in [1.29, 1.82) is 0 Å². The molecule has 0 bridgehead atoms. The number of anilines is 1. The summed E-state index contributed by atoms with van der Waals surface area (Å²) < 4.78 is 6.05. The molecule has 2 aliphatic rings. The minimum Gasteiger partial charge on any atom is -0.593 e. The summed E-state index contributed by atoms with van der Waals surface area (Å²) in [5.74, 6) is 2.23. The summed E-state index contributed by atoms with van der Waals surface area (Å²) in [6, 6.07) is 20.4. The summed E-state index contributed by atoms with van der Waals surface area (Å²) in [7, 11) is 2.18. The second kappa shape index (κ2) is 12.1. The molecule has 5 rings (SSSR count). The highest BCUT2D eigenvalue weighted by molar-refractivity contribution is 5.59. The molecular weight excluding hydrogens is 474 g/mol. The lowest BCUT2D eigenvalue weighted by Crippen LogP contribution is -2.45. The monoisotopic (exact) mass is 516 g/mol. The van der Waals surface area contributed by atoms with Crippen molar-refractivity contribution in [2.75, 3.05) is 57.8 Å². The van der Waals surface area contributed by atoms with Crippen molar-refractivity contribution in [1.82, 2.24) is 9.80 Å². The van der Waals surface area contributed by atoms with Crippen LogP contribution in [0.15, 0.2) is 60.7 Å². The van der Waals surface area contributed by atoms with Crippen LogP contribution in [0.25, 0.3) is 0 Å². The van der Waals surface area contributed by atoms with Crippen LogP contribution in [0.4, 0.5) is 5.69 Å². The van der Waals surface area contributed by atoms with Gasteiger partial charge in [0.1, 0.15) is 18.1 Å². The first-order valence-electron chi connectivity index (χ1n) is 14.0. The van der Waals surface area contributed by atoms with Gasteiger partial charge < -0.3 is 24.7 Å². The van der Waals surface area contributed by atoms with Crippen molar-refractivity contribution in [2.24, 2.45) is 0 Å². The lowest BCUT2D eigenvalue weighted by Gasteiger charge is -2.32. The highest BCUT2D eigenvalue weighted by Crippen LogP contribution is 2.40. The number of likely N-dealkylation sites (N-methyl/N-ethyl adjacent to an activating group) is 1. The van der Waals surface area contributed by atoms with Crippen LogP contribution in [-0.2, 0) is 19.4 Å². The molecule has 1 aliphatic heterocycles. The van der Waals surface area contributed by atoms with E-state index in [9.17, 15) is 5.11 Å². The van der Waals surface area contributed by atoms with Gasteiger partial charge in [-0.3, -0.25) is 4.90 Å². The number of aryl methyl sites for hydroxylation is 1. The number of phenolic OH excluding ortho intramolecular Hbond substituents is 1. The fourth-order valence-corrected chi connectivity index (χ4v) is 5.81. The number of phenols is 1. The molecule has 1 unspecified atom stereocenters. The van der Waals surface area contributed by atoms with Gasteiger partial charge in [-0.05, 0) is 91.7 Å². The number of hydrogen-bond donors (Lipinski definition) is 1. The van der Waals surface area contributed by atoms with Crippen LogP contribution in [0.1, 0.15) is 41.5 Å². The average molecular weight is 517 g/mol. The lowest BCUT2D eigenvalue weighted by molar-refractivity contribution is 0.134. The minimum absolute atomic E-state index is 0.352. The van der Waals surface area contributed by atoms with Gasteiger partial charge in [0, 0.05) is 57.6 Å². The summed E-state index contributed by atoms with van der Waals surface area (Å²) in [5.41, 5.74) is 6.32. The Hall–Kier alpha value is -3.22. The summed E-state index contributed by atoms with van der Waals surface area (Å²) >= 11 is 0. The van der Waals surface area contributed by atoms with Crippen molar-refractivity contribution in [2.45, 2.75) is 38.6 Å². The van der Waals surface area contributed by atoms with Gasteiger partial charge in [0.2, 0.25) is 0 Å². The Morgan fingerprint density at radius 3 is 2.53 bits per heavy atom. The van der Waals surface area contributed by atoms with Gasteiger partial charge in [-0.15, -0.1) is 0 Å². The number of benzene rings is 3. The molecule has 3 aromatic rings. The predicted molar refractivity (Wildman–Crippen MR) is 155 cm³/mol. The van der Waals surface area contributed by atoms with E-state index < -0.39 is 0 Å². The molecular formula is C32H42N3O3+. The highest BCUT2D eigenvalue weighted by Gasteiger charge is 2.25. The van der Waals surface area contributed by atoms with E-state index in [1.54, 1.807) is 6.07 Å². The van der Waals surface area contributed by atoms with Gasteiger partial charge in [0.15, 0.2) is 0 Å². The summed E-state index contributed by atoms with van der Waals surface area (Å²) in [6.07, 6.45) is 3.00. The molecule has 1 atom stereocenters. The number of aromatic hydroxyl groups is 1. The Morgan fingerprint density at radius 2 is 1.76 bits per heavy atom. The van der Waals surface area contributed by atoms with E-state index in [0.717, 1.165) is 70.8 Å².